The van der Waals surface area contributed by atoms with Crippen molar-refractivity contribution in [3.05, 3.63) is 53.5 Å². The van der Waals surface area contributed by atoms with Crippen LogP contribution in [0.5, 0.6) is 0 Å². The summed E-state index contributed by atoms with van der Waals surface area (Å²) in [6, 6.07) is 9.84. The number of nitrogens with zero attached hydrogens (tertiary/aromatic N) is 4. The second kappa shape index (κ2) is 7.73. The average molecular weight is 393 g/mol. The first-order valence-electron chi connectivity index (χ1n) is 10.0. The van der Waals surface area contributed by atoms with Gasteiger partial charge in [0.25, 0.3) is 11.8 Å². The van der Waals surface area contributed by atoms with Crippen LogP contribution in [0.2, 0.25) is 0 Å². The standard InChI is InChI=1S/C22H27N5O2/c1-15-18(13-23-26(15)3)21(28)25(2)14-16-8-10-27(11-9-16)22(29)20-12-17-6-4-5-7-19(17)24-20/h4-7,12-13,16,24H,8-11,14H2,1-3H3. The van der Waals surface area contributed by atoms with Crippen molar-refractivity contribution < 1.29 is 9.59 Å². The molecule has 1 aliphatic heterocycles. The van der Waals surface area contributed by atoms with Crippen LogP contribution in [0, 0.1) is 12.8 Å². The van der Waals surface area contributed by atoms with Crippen LogP contribution < -0.4 is 0 Å². The number of para-hydroxylation sites is 1. The minimum Gasteiger partial charge on any atom is -0.351 e. The van der Waals surface area contributed by atoms with Gasteiger partial charge in [-0.1, -0.05) is 18.2 Å². The molecule has 0 saturated carbocycles. The number of rotatable bonds is 4. The van der Waals surface area contributed by atoms with Crippen LogP contribution in [0.15, 0.2) is 36.5 Å². The molecule has 7 heteroatoms. The Hall–Kier alpha value is -3.09. The largest absolute Gasteiger partial charge is 0.351 e. The average Bonchev–Trinajstić information content (AvgIpc) is 3.31. The number of aryl methyl sites for hydroxylation is 1. The second-order valence-electron chi connectivity index (χ2n) is 7.96. The molecule has 2 aromatic heterocycles. The molecule has 1 saturated heterocycles. The molecule has 29 heavy (non-hydrogen) atoms. The summed E-state index contributed by atoms with van der Waals surface area (Å²) in [5, 5.41) is 5.21. The third-order valence-corrected chi connectivity index (χ3v) is 6.01. The molecule has 1 fully saturated rings. The molecule has 2 amide bonds. The van der Waals surface area contributed by atoms with E-state index in [1.807, 2.05) is 56.3 Å². The summed E-state index contributed by atoms with van der Waals surface area (Å²) in [5.41, 5.74) is 3.16. The maximum absolute atomic E-state index is 12.9. The van der Waals surface area contributed by atoms with Crippen molar-refractivity contribution in [2.75, 3.05) is 26.7 Å². The predicted octanol–water partition coefficient (Wildman–Crippen LogP) is 2.83. The molecule has 0 radical (unpaired) electrons. The molecule has 4 rings (SSSR count). The molecule has 152 valence electrons. The van der Waals surface area contributed by atoms with Crippen molar-refractivity contribution in [3.63, 3.8) is 0 Å². The summed E-state index contributed by atoms with van der Waals surface area (Å²) >= 11 is 0. The number of hydrogen-bond acceptors (Lipinski definition) is 3. The van der Waals surface area contributed by atoms with Gasteiger partial charge in [-0.3, -0.25) is 14.3 Å². The van der Waals surface area contributed by atoms with Crippen LogP contribution in [-0.2, 0) is 7.05 Å². The van der Waals surface area contributed by atoms with Crippen LogP contribution >= 0.6 is 0 Å². The van der Waals surface area contributed by atoms with Crippen molar-refractivity contribution in [3.8, 4) is 0 Å². The molecule has 3 aromatic rings. The number of likely N-dealkylation sites (tertiary alicyclic amines) is 1. The first kappa shape index (κ1) is 19.2. The molecule has 1 N–H and O–H groups in total. The Morgan fingerprint density at radius 2 is 1.97 bits per heavy atom. The zero-order valence-electron chi connectivity index (χ0n) is 17.2. The highest BCUT2D eigenvalue weighted by Gasteiger charge is 2.27. The number of hydrogen-bond donors (Lipinski definition) is 1. The number of benzene rings is 1. The molecule has 1 aliphatic rings. The van der Waals surface area contributed by atoms with E-state index in [1.54, 1.807) is 15.8 Å². The monoisotopic (exact) mass is 393 g/mol. The van der Waals surface area contributed by atoms with Gasteiger partial charge in [0.05, 0.1) is 11.8 Å². The van der Waals surface area contributed by atoms with Gasteiger partial charge in [-0.25, -0.2) is 0 Å². The Kier molecular flexibility index (Phi) is 5.13. The summed E-state index contributed by atoms with van der Waals surface area (Å²) in [6.45, 7) is 4.03. The molecule has 7 nitrogen and oxygen atoms in total. The molecule has 1 aromatic carbocycles. The fourth-order valence-corrected chi connectivity index (χ4v) is 4.06. The fraction of sp³-hybridized carbons (Fsp3) is 0.409. The van der Waals surface area contributed by atoms with Gasteiger partial charge in [0.1, 0.15) is 5.69 Å². The van der Waals surface area contributed by atoms with Gasteiger partial charge >= 0.3 is 0 Å². The number of fused-ring (bicyclic) bond motifs is 1. The Balaban J connectivity index is 1.33. The first-order valence-corrected chi connectivity index (χ1v) is 10.0. The third kappa shape index (κ3) is 3.77. The number of aromatic amines is 1. The van der Waals surface area contributed by atoms with Gasteiger partial charge in [-0.15, -0.1) is 0 Å². The topological polar surface area (TPSA) is 74.2 Å². The number of piperidine rings is 1. The second-order valence-corrected chi connectivity index (χ2v) is 7.96. The number of aromatic nitrogens is 3. The Labute approximate surface area is 170 Å². The van der Waals surface area contributed by atoms with Gasteiger partial charge in [-0.2, -0.15) is 5.10 Å². The van der Waals surface area contributed by atoms with Crippen LogP contribution in [0.3, 0.4) is 0 Å². The van der Waals surface area contributed by atoms with E-state index in [2.05, 4.69) is 10.1 Å². The number of carbonyl (C=O) groups is 2. The maximum atomic E-state index is 12.9. The minimum atomic E-state index is 0.00665. The van der Waals surface area contributed by atoms with Crippen LogP contribution in [-0.4, -0.2) is 63.1 Å². The summed E-state index contributed by atoms with van der Waals surface area (Å²) in [6.07, 6.45) is 3.43. The van der Waals surface area contributed by atoms with E-state index in [0.717, 1.165) is 29.4 Å². The smallest absolute Gasteiger partial charge is 0.270 e. The van der Waals surface area contributed by atoms with Gasteiger partial charge in [0, 0.05) is 50.3 Å². The molecule has 3 heterocycles. The van der Waals surface area contributed by atoms with Gasteiger partial charge in [0.2, 0.25) is 0 Å². The van der Waals surface area contributed by atoms with Gasteiger partial charge in [-0.05, 0) is 37.8 Å². The molecule has 0 bridgehead atoms. The minimum absolute atomic E-state index is 0.00665. The third-order valence-electron chi connectivity index (χ3n) is 6.01. The lowest BCUT2D eigenvalue weighted by Gasteiger charge is -2.33. The van der Waals surface area contributed by atoms with E-state index in [1.165, 1.54) is 0 Å². The maximum Gasteiger partial charge on any atom is 0.270 e. The Morgan fingerprint density at radius 1 is 1.24 bits per heavy atom. The summed E-state index contributed by atoms with van der Waals surface area (Å²) < 4.78 is 1.72. The fourth-order valence-electron chi connectivity index (χ4n) is 4.06. The van der Waals surface area contributed by atoms with Crippen molar-refractivity contribution in [1.82, 2.24) is 24.6 Å². The highest BCUT2D eigenvalue weighted by atomic mass is 16.2. The predicted molar refractivity (Wildman–Crippen MR) is 112 cm³/mol. The quantitative estimate of drug-likeness (QED) is 0.741. The zero-order chi connectivity index (χ0) is 20.5. The molecule has 0 spiro atoms. The van der Waals surface area contributed by atoms with Crippen molar-refractivity contribution in [2.24, 2.45) is 13.0 Å². The Bertz CT molecular complexity index is 1010. The van der Waals surface area contributed by atoms with Crippen LogP contribution in [0.1, 0.15) is 39.4 Å². The molecule has 0 aliphatic carbocycles. The Morgan fingerprint density at radius 3 is 2.62 bits per heavy atom. The highest BCUT2D eigenvalue weighted by Crippen LogP contribution is 2.22. The summed E-state index contributed by atoms with van der Waals surface area (Å²) in [7, 11) is 3.68. The molecule has 0 atom stereocenters. The van der Waals surface area contributed by atoms with E-state index >= 15 is 0 Å². The molecular weight excluding hydrogens is 366 g/mol. The number of H-pyrrole nitrogens is 1. The van der Waals surface area contributed by atoms with Crippen LogP contribution in [0.25, 0.3) is 10.9 Å². The van der Waals surface area contributed by atoms with E-state index < -0.39 is 0 Å². The van der Waals surface area contributed by atoms with Gasteiger partial charge in [0.15, 0.2) is 0 Å². The van der Waals surface area contributed by atoms with Crippen molar-refractivity contribution in [1.29, 1.82) is 0 Å². The number of amides is 2. The summed E-state index contributed by atoms with van der Waals surface area (Å²) in [4.78, 5) is 32.5. The SMILES string of the molecule is Cc1c(C(=O)N(C)CC2CCN(C(=O)c3cc4ccccc4[nH]3)CC2)cnn1C. The van der Waals surface area contributed by atoms with E-state index in [4.69, 9.17) is 0 Å². The lowest BCUT2D eigenvalue weighted by molar-refractivity contribution is 0.0630. The van der Waals surface area contributed by atoms with Crippen molar-refractivity contribution >= 4 is 22.7 Å². The van der Waals surface area contributed by atoms with Gasteiger partial charge < -0.3 is 14.8 Å². The number of nitrogens with one attached hydrogen (secondary N) is 1. The molecule has 0 unspecified atom stereocenters. The van der Waals surface area contributed by atoms with Crippen molar-refractivity contribution in [2.45, 2.75) is 19.8 Å². The normalized spacial score (nSPS) is 15.1. The highest BCUT2D eigenvalue weighted by molar-refractivity contribution is 5.98. The summed E-state index contributed by atoms with van der Waals surface area (Å²) in [5.74, 6) is 0.454. The molecular formula is C22H27N5O2. The lowest BCUT2D eigenvalue weighted by Crippen LogP contribution is -2.42. The van der Waals surface area contributed by atoms with E-state index in [0.29, 0.717) is 36.8 Å². The zero-order valence-corrected chi connectivity index (χ0v) is 17.2. The first-order chi connectivity index (χ1) is 13.9. The van der Waals surface area contributed by atoms with Crippen LogP contribution in [0.4, 0.5) is 0 Å². The van der Waals surface area contributed by atoms with E-state index in [9.17, 15) is 9.59 Å². The number of carbonyl (C=O) groups excluding carboxylic acids is 2. The van der Waals surface area contributed by atoms with E-state index in [-0.39, 0.29) is 11.8 Å². The lowest BCUT2D eigenvalue weighted by atomic mass is 9.96.